The van der Waals surface area contributed by atoms with E-state index in [1.807, 2.05) is 13.8 Å². The van der Waals surface area contributed by atoms with E-state index in [9.17, 15) is 5.11 Å². The maximum absolute atomic E-state index is 10.4. The lowest BCUT2D eigenvalue weighted by Crippen LogP contribution is -2.31. The van der Waals surface area contributed by atoms with E-state index in [2.05, 4.69) is 29.5 Å². The molecule has 1 heterocycles. The van der Waals surface area contributed by atoms with Crippen molar-refractivity contribution in [2.24, 2.45) is 5.92 Å². The molecule has 5 heteroatoms. The lowest BCUT2D eigenvalue weighted by molar-refractivity contribution is 0.0386. The van der Waals surface area contributed by atoms with E-state index in [4.69, 9.17) is 0 Å². The molecule has 0 aliphatic carbocycles. The first-order valence-electron chi connectivity index (χ1n) is 6.29. The molecular formula is C12H24N4O. The highest BCUT2D eigenvalue weighted by atomic mass is 16.3. The zero-order valence-corrected chi connectivity index (χ0v) is 11.3. The molecule has 0 saturated carbocycles. The van der Waals surface area contributed by atoms with Crippen LogP contribution in [0, 0.1) is 5.92 Å². The van der Waals surface area contributed by atoms with Gasteiger partial charge in [0, 0.05) is 6.54 Å². The minimum Gasteiger partial charge on any atom is -0.384 e. The zero-order valence-electron chi connectivity index (χ0n) is 11.3. The van der Waals surface area contributed by atoms with E-state index in [-0.39, 0.29) is 0 Å². The SMILES string of the molecule is CCn1nncc1C(C)(O)CCNCC(C)C. The Morgan fingerprint density at radius 3 is 2.82 bits per heavy atom. The van der Waals surface area contributed by atoms with Crippen molar-refractivity contribution in [2.45, 2.75) is 46.3 Å². The van der Waals surface area contributed by atoms with E-state index < -0.39 is 5.60 Å². The second-order valence-electron chi connectivity index (χ2n) is 5.06. The summed E-state index contributed by atoms with van der Waals surface area (Å²) >= 11 is 0. The molecule has 2 N–H and O–H groups in total. The fourth-order valence-corrected chi connectivity index (χ4v) is 1.76. The molecule has 1 aromatic heterocycles. The van der Waals surface area contributed by atoms with Gasteiger partial charge >= 0.3 is 0 Å². The Morgan fingerprint density at radius 1 is 1.53 bits per heavy atom. The number of nitrogens with one attached hydrogen (secondary N) is 1. The second kappa shape index (κ2) is 6.12. The molecule has 5 nitrogen and oxygen atoms in total. The van der Waals surface area contributed by atoms with Gasteiger partial charge in [0.15, 0.2) is 0 Å². The van der Waals surface area contributed by atoms with Gasteiger partial charge in [-0.1, -0.05) is 19.1 Å². The standard InChI is InChI=1S/C12H24N4O/c1-5-16-11(9-14-15-16)12(4,17)6-7-13-8-10(2)3/h9-10,13,17H,5-8H2,1-4H3. The number of aryl methyl sites for hydroxylation is 1. The predicted molar refractivity (Wildman–Crippen MR) is 67.6 cm³/mol. The number of hydrogen-bond acceptors (Lipinski definition) is 4. The highest BCUT2D eigenvalue weighted by molar-refractivity contribution is 5.06. The maximum atomic E-state index is 10.4. The molecular weight excluding hydrogens is 216 g/mol. The lowest BCUT2D eigenvalue weighted by atomic mass is 9.98. The largest absolute Gasteiger partial charge is 0.384 e. The summed E-state index contributed by atoms with van der Waals surface area (Å²) in [6.07, 6.45) is 2.30. The normalized spacial score (nSPS) is 15.2. The molecule has 0 aromatic carbocycles. The minimum absolute atomic E-state index is 0.628. The van der Waals surface area contributed by atoms with Crippen LogP contribution in [-0.2, 0) is 12.1 Å². The van der Waals surface area contributed by atoms with Gasteiger partial charge in [-0.2, -0.15) is 0 Å². The third-order valence-electron chi connectivity index (χ3n) is 2.81. The van der Waals surface area contributed by atoms with Gasteiger partial charge in [-0.05, 0) is 39.3 Å². The summed E-state index contributed by atoms with van der Waals surface area (Å²) in [6.45, 7) is 10.6. The first kappa shape index (κ1) is 14.1. The summed E-state index contributed by atoms with van der Waals surface area (Å²) in [4.78, 5) is 0. The molecule has 0 aliphatic heterocycles. The van der Waals surface area contributed by atoms with Crippen LogP contribution >= 0.6 is 0 Å². The van der Waals surface area contributed by atoms with Crippen LogP contribution in [0.5, 0.6) is 0 Å². The Morgan fingerprint density at radius 2 is 2.24 bits per heavy atom. The van der Waals surface area contributed by atoms with Gasteiger partial charge in [-0.25, -0.2) is 4.68 Å². The molecule has 0 fully saturated rings. The van der Waals surface area contributed by atoms with E-state index in [1.165, 1.54) is 0 Å². The van der Waals surface area contributed by atoms with Crippen LogP contribution < -0.4 is 5.32 Å². The molecule has 0 radical (unpaired) electrons. The molecule has 1 aromatic rings. The molecule has 0 amide bonds. The van der Waals surface area contributed by atoms with Gasteiger partial charge in [0.25, 0.3) is 0 Å². The Labute approximate surface area is 103 Å². The number of aliphatic hydroxyl groups is 1. The van der Waals surface area contributed by atoms with Crippen molar-refractivity contribution in [2.75, 3.05) is 13.1 Å². The Bertz CT molecular complexity index is 333. The molecule has 98 valence electrons. The van der Waals surface area contributed by atoms with E-state index in [0.29, 0.717) is 12.3 Å². The van der Waals surface area contributed by atoms with Gasteiger partial charge < -0.3 is 10.4 Å². The van der Waals surface area contributed by atoms with E-state index in [1.54, 1.807) is 10.9 Å². The maximum Gasteiger partial charge on any atom is 0.106 e. The molecule has 0 spiro atoms. The second-order valence-corrected chi connectivity index (χ2v) is 5.06. The lowest BCUT2D eigenvalue weighted by Gasteiger charge is -2.23. The Balaban J connectivity index is 2.50. The molecule has 0 bridgehead atoms. The monoisotopic (exact) mass is 240 g/mol. The number of aromatic nitrogens is 3. The first-order chi connectivity index (χ1) is 7.97. The smallest absolute Gasteiger partial charge is 0.106 e. The van der Waals surface area contributed by atoms with Crippen LogP contribution in [-0.4, -0.2) is 33.2 Å². The van der Waals surface area contributed by atoms with Crippen LogP contribution in [0.1, 0.15) is 39.8 Å². The fourth-order valence-electron chi connectivity index (χ4n) is 1.76. The van der Waals surface area contributed by atoms with Gasteiger partial charge in [0.2, 0.25) is 0 Å². The van der Waals surface area contributed by atoms with Crippen molar-refractivity contribution in [3.8, 4) is 0 Å². The van der Waals surface area contributed by atoms with E-state index >= 15 is 0 Å². The van der Waals surface area contributed by atoms with Crippen molar-refractivity contribution in [3.63, 3.8) is 0 Å². The van der Waals surface area contributed by atoms with Crippen LogP contribution in [0.3, 0.4) is 0 Å². The Kier molecular flexibility index (Phi) is 5.08. The summed E-state index contributed by atoms with van der Waals surface area (Å²) in [5.74, 6) is 0.628. The first-order valence-corrected chi connectivity index (χ1v) is 6.29. The van der Waals surface area contributed by atoms with Gasteiger partial charge in [0.1, 0.15) is 5.60 Å². The Hall–Kier alpha value is -0.940. The molecule has 17 heavy (non-hydrogen) atoms. The fraction of sp³-hybridized carbons (Fsp3) is 0.833. The highest BCUT2D eigenvalue weighted by Gasteiger charge is 2.26. The summed E-state index contributed by atoms with van der Waals surface area (Å²) in [5, 5.41) is 21.5. The summed E-state index contributed by atoms with van der Waals surface area (Å²) < 4.78 is 1.74. The predicted octanol–water partition coefficient (Wildman–Crippen LogP) is 1.14. The number of hydrogen-bond donors (Lipinski definition) is 2. The molecule has 1 atom stereocenters. The minimum atomic E-state index is -0.872. The van der Waals surface area contributed by atoms with Crippen molar-refractivity contribution >= 4 is 0 Å². The topological polar surface area (TPSA) is 63.0 Å². The third kappa shape index (κ3) is 4.09. The van der Waals surface area contributed by atoms with Crippen LogP contribution in [0.2, 0.25) is 0 Å². The molecule has 0 saturated heterocycles. The van der Waals surface area contributed by atoms with Crippen molar-refractivity contribution < 1.29 is 5.11 Å². The molecule has 1 rings (SSSR count). The van der Waals surface area contributed by atoms with Crippen LogP contribution in [0.15, 0.2) is 6.20 Å². The van der Waals surface area contributed by atoms with Crippen molar-refractivity contribution in [1.82, 2.24) is 20.3 Å². The zero-order chi connectivity index (χ0) is 12.9. The van der Waals surface area contributed by atoms with Crippen LogP contribution in [0.4, 0.5) is 0 Å². The van der Waals surface area contributed by atoms with Crippen molar-refractivity contribution in [1.29, 1.82) is 0 Å². The quantitative estimate of drug-likeness (QED) is 0.702. The van der Waals surface area contributed by atoms with E-state index in [0.717, 1.165) is 25.3 Å². The third-order valence-corrected chi connectivity index (χ3v) is 2.81. The van der Waals surface area contributed by atoms with Crippen molar-refractivity contribution in [3.05, 3.63) is 11.9 Å². The number of rotatable bonds is 7. The highest BCUT2D eigenvalue weighted by Crippen LogP contribution is 2.22. The summed E-state index contributed by atoms with van der Waals surface area (Å²) in [6, 6.07) is 0. The summed E-state index contributed by atoms with van der Waals surface area (Å²) in [5.41, 5.74) is -0.0879. The summed E-state index contributed by atoms with van der Waals surface area (Å²) in [7, 11) is 0. The molecule has 1 unspecified atom stereocenters. The molecule has 0 aliphatic rings. The van der Waals surface area contributed by atoms with Gasteiger partial charge in [-0.3, -0.25) is 0 Å². The average Bonchev–Trinajstić information content (AvgIpc) is 2.73. The van der Waals surface area contributed by atoms with Gasteiger partial charge in [-0.15, -0.1) is 5.10 Å². The van der Waals surface area contributed by atoms with Gasteiger partial charge in [0.05, 0.1) is 11.9 Å². The van der Waals surface area contributed by atoms with Crippen LogP contribution in [0.25, 0.3) is 0 Å². The number of nitrogens with zero attached hydrogens (tertiary/aromatic N) is 3. The average molecular weight is 240 g/mol.